The Kier molecular flexibility index (Phi) is 3.35. The van der Waals surface area contributed by atoms with Crippen LogP contribution in [0.3, 0.4) is 0 Å². The molecular formula is C11H21N3OS. The molecule has 2 aliphatic rings. The summed E-state index contributed by atoms with van der Waals surface area (Å²) >= 11 is 4.35. The van der Waals surface area contributed by atoms with Crippen LogP contribution in [0.2, 0.25) is 0 Å². The maximum atomic E-state index is 11.7. The fraction of sp³-hybridized carbons (Fsp3) is 0.909. The van der Waals surface area contributed by atoms with Crippen molar-refractivity contribution in [2.45, 2.75) is 32.7 Å². The summed E-state index contributed by atoms with van der Waals surface area (Å²) in [7, 11) is 0. The smallest absolute Gasteiger partial charge is 0.317 e. The molecule has 0 radical (unpaired) electrons. The van der Waals surface area contributed by atoms with Crippen molar-refractivity contribution in [2.75, 3.05) is 26.2 Å². The number of hydrogen-bond acceptors (Lipinski definition) is 3. The van der Waals surface area contributed by atoms with Gasteiger partial charge in [0, 0.05) is 37.6 Å². The lowest BCUT2D eigenvalue weighted by Gasteiger charge is -2.53. The van der Waals surface area contributed by atoms with Crippen molar-refractivity contribution >= 4 is 18.8 Å². The number of rotatable bonds is 1. The van der Waals surface area contributed by atoms with E-state index in [1.54, 1.807) is 0 Å². The molecule has 2 heterocycles. The molecule has 2 saturated heterocycles. The molecule has 2 amide bonds. The summed E-state index contributed by atoms with van der Waals surface area (Å²) in [6, 6.07) is 0.317. The standard InChI is InChI=1S/C11H21N3OS/c1-9(2)12-10(15)13-7-11(8-13)3-5-14(16)6-4-11/h9,16H,3-8H2,1-2H3,(H,12,15). The zero-order chi connectivity index (χ0) is 11.8. The summed E-state index contributed by atoms with van der Waals surface area (Å²) < 4.78 is 2.07. The van der Waals surface area contributed by atoms with E-state index < -0.39 is 0 Å². The third kappa shape index (κ3) is 2.46. The largest absolute Gasteiger partial charge is 0.336 e. The molecule has 92 valence electrons. The number of hydrogen-bond donors (Lipinski definition) is 2. The number of piperidine rings is 1. The first kappa shape index (κ1) is 12.0. The molecule has 0 unspecified atom stereocenters. The average molecular weight is 243 g/mol. The van der Waals surface area contributed by atoms with Crippen LogP contribution >= 0.6 is 12.8 Å². The molecule has 2 rings (SSSR count). The highest BCUT2D eigenvalue weighted by atomic mass is 32.1. The van der Waals surface area contributed by atoms with Gasteiger partial charge in [-0.15, -0.1) is 0 Å². The van der Waals surface area contributed by atoms with Crippen LogP contribution in [0, 0.1) is 5.41 Å². The van der Waals surface area contributed by atoms with Gasteiger partial charge < -0.3 is 10.2 Å². The van der Waals surface area contributed by atoms with Crippen molar-refractivity contribution in [2.24, 2.45) is 5.41 Å². The van der Waals surface area contributed by atoms with Crippen molar-refractivity contribution in [3.63, 3.8) is 0 Å². The summed E-state index contributed by atoms with van der Waals surface area (Å²) in [6.07, 6.45) is 2.34. The normalized spacial score (nSPS) is 24.6. The molecule has 2 aliphatic heterocycles. The lowest BCUT2D eigenvalue weighted by atomic mass is 9.72. The van der Waals surface area contributed by atoms with Gasteiger partial charge in [0.2, 0.25) is 0 Å². The Morgan fingerprint density at radius 1 is 1.31 bits per heavy atom. The van der Waals surface area contributed by atoms with E-state index in [0.717, 1.165) is 26.2 Å². The van der Waals surface area contributed by atoms with Crippen LogP contribution in [-0.2, 0) is 0 Å². The SMILES string of the molecule is CC(C)NC(=O)N1CC2(CCN(S)CC2)C1. The minimum absolute atomic E-state index is 0.0916. The van der Waals surface area contributed by atoms with Crippen LogP contribution < -0.4 is 5.32 Å². The number of nitrogens with zero attached hydrogens (tertiary/aromatic N) is 2. The molecule has 16 heavy (non-hydrogen) atoms. The Morgan fingerprint density at radius 2 is 1.88 bits per heavy atom. The predicted octanol–water partition coefficient (Wildman–Crippen LogP) is 1.35. The fourth-order valence-corrected chi connectivity index (χ4v) is 2.73. The second kappa shape index (κ2) is 4.45. The van der Waals surface area contributed by atoms with Crippen LogP contribution in [0.15, 0.2) is 0 Å². The van der Waals surface area contributed by atoms with E-state index in [2.05, 4.69) is 22.4 Å². The van der Waals surface area contributed by atoms with Crippen LogP contribution in [0.1, 0.15) is 26.7 Å². The van der Waals surface area contributed by atoms with Gasteiger partial charge in [-0.2, -0.15) is 0 Å². The first-order valence-corrected chi connectivity index (χ1v) is 6.40. The van der Waals surface area contributed by atoms with E-state index in [1.165, 1.54) is 12.8 Å². The number of urea groups is 1. The maximum absolute atomic E-state index is 11.7. The Bertz CT molecular complexity index is 266. The zero-order valence-electron chi connectivity index (χ0n) is 10.1. The maximum Gasteiger partial charge on any atom is 0.317 e. The van der Waals surface area contributed by atoms with Gasteiger partial charge >= 0.3 is 6.03 Å². The highest BCUT2D eigenvalue weighted by Gasteiger charge is 2.46. The number of nitrogens with one attached hydrogen (secondary N) is 1. The predicted molar refractivity (Wildman–Crippen MR) is 67.5 cm³/mol. The number of thiol groups is 1. The Morgan fingerprint density at radius 3 is 2.38 bits per heavy atom. The summed E-state index contributed by atoms with van der Waals surface area (Å²) in [5.74, 6) is 0. The van der Waals surface area contributed by atoms with E-state index >= 15 is 0 Å². The molecule has 0 aliphatic carbocycles. The van der Waals surface area contributed by atoms with Gasteiger partial charge in [0.15, 0.2) is 0 Å². The highest BCUT2D eigenvalue weighted by Crippen LogP contribution is 2.40. The monoisotopic (exact) mass is 243 g/mol. The number of carbonyl (C=O) groups is 1. The number of likely N-dealkylation sites (tertiary alicyclic amines) is 1. The van der Waals surface area contributed by atoms with E-state index in [4.69, 9.17) is 0 Å². The van der Waals surface area contributed by atoms with E-state index in [0.29, 0.717) is 5.41 Å². The Hall–Kier alpha value is -0.420. The molecule has 1 N–H and O–H groups in total. The fourth-order valence-electron chi connectivity index (χ4n) is 2.53. The molecule has 0 aromatic rings. The van der Waals surface area contributed by atoms with E-state index in [1.807, 2.05) is 18.7 Å². The van der Waals surface area contributed by atoms with Crippen molar-refractivity contribution in [3.8, 4) is 0 Å². The molecular weight excluding hydrogens is 222 g/mol. The molecule has 0 aromatic carbocycles. The second-order valence-electron chi connectivity index (χ2n) is 5.41. The van der Waals surface area contributed by atoms with Crippen LogP contribution in [-0.4, -0.2) is 47.5 Å². The van der Waals surface area contributed by atoms with Crippen molar-refractivity contribution in [1.29, 1.82) is 0 Å². The molecule has 4 nitrogen and oxygen atoms in total. The van der Waals surface area contributed by atoms with Crippen LogP contribution in [0.25, 0.3) is 0 Å². The third-order valence-corrected chi connectivity index (χ3v) is 3.95. The quantitative estimate of drug-likeness (QED) is 0.682. The minimum Gasteiger partial charge on any atom is -0.336 e. The second-order valence-corrected chi connectivity index (χ2v) is 5.98. The molecule has 2 fully saturated rings. The lowest BCUT2D eigenvalue weighted by Crippen LogP contribution is -2.63. The van der Waals surface area contributed by atoms with Gasteiger partial charge in [0.1, 0.15) is 0 Å². The first-order chi connectivity index (χ1) is 7.51. The summed E-state index contributed by atoms with van der Waals surface area (Å²) in [5, 5.41) is 2.94. The van der Waals surface area contributed by atoms with Gasteiger partial charge in [0.25, 0.3) is 0 Å². The van der Waals surface area contributed by atoms with Crippen LogP contribution in [0.4, 0.5) is 4.79 Å². The van der Waals surface area contributed by atoms with Crippen molar-refractivity contribution in [3.05, 3.63) is 0 Å². The van der Waals surface area contributed by atoms with Gasteiger partial charge in [-0.25, -0.2) is 4.79 Å². The molecule has 5 heteroatoms. The van der Waals surface area contributed by atoms with E-state index in [-0.39, 0.29) is 12.1 Å². The number of amides is 2. The van der Waals surface area contributed by atoms with Gasteiger partial charge in [-0.3, -0.25) is 4.31 Å². The number of carbonyl (C=O) groups excluding carboxylic acids is 1. The molecule has 0 aromatic heterocycles. The Balaban J connectivity index is 1.78. The molecule has 0 bridgehead atoms. The van der Waals surface area contributed by atoms with Gasteiger partial charge in [0.05, 0.1) is 0 Å². The topological polar surface area (TPSA) is 35.6 Å². The van der Waals surface area contributed by atoms with Gasteiger partial charge in [-0.1, -0.05) is 12.8 Å². The summed E-state index contributed by atoms with van der Waals surface area (Å²) in [4.78, 5) is 13.6. The average Bonchev–Trinajstić information content (AvgIpc) is 2.14. The minimum atomic E-state index is 0.0916. The lowest BCUT2D eigenvalue weighted by molar-refractivity contribution is -0.00571. The third-order valence-electron chi connectivity index (χ3n) is 3.55. The van der Waals surface area contributed by atoms with Crippen LogP contribution in [0.5, 0.6) is 0 Å². The summed E-state index contributed by atoms with van der Waals surface area (Å²) in [5.41, 5.74) is 0.396. The zero-order valence-corrected chi connectivity index (χ0v) is 11.0. The first-order valence-electron chi connectivity index (χ1n) is 6.00. The van der Waals surface area contributed by atoms with Crippen molar-refractivity contribution in [1.82, 2.24) is 14.5 Å². The van der Waals surface area contributed by atoms with Gasteiger partial charge in [-0.05, 0) is 26.7 Å². The molecule has 0 atom stereocenters. The summed E-state index contributed by atoms with van der Waals surface area (Å²) in [6.45, 7) is 7.92. The molecule has 0 saturated carbocycles. The van der Waals surface area contributed by atoms with Crippen molar-refractivity contribution < 1.29 is 4.79 Å². The Labute approximate surface area is 103 Å². The molecule has 1 spiro atoms. The van der Waals surface area contributed by atoms with E-state index in [9.17, 15) is 4.79 Å². The highest BCUT2D eigenvalue weighted by molar-refractivity contribution is 7.77.